The van der Waals surface area contributed by atoms with Crippen LogP contribution in [0.2, 0.25) is 5.02 Å². The van der Waals surface area contributed by atoms with Crippen LogP contribution in [0.1, 0.15) is 25.3 Å². The zero-order valence-corrected chi connectivity index (χ0v) is 19.3. The number of halogens is 1. The number of carbonyl (C=O) groups is 1. The van der Waals surface area contributed by atoms with E-state index in [1.54, 1.807) is 41.0 Å². The predicted molar refractivity (Wildman–Crippen MR) is 132 cm³/mol. The molecule has 7 heteroatoms. The lowest BCUT2D eigenvalue weighted by atomic mass is 10.0. The van der Waals surface area contributed by atoms with E-state index in [4.69, 9.17) is 11.6 Å². The van der Waals surface area contributed by atoms with Crippen molar-refractivity contribution in [1.29, 1.82) is 0 Å². The summed E-state index contributed by atoms with van der Waals surface area (Å²) in [7, 11) is 0. The lowest BCUT2D eigenvalue weighted by Crippen LogP contribution is -2.23. The van der Waals surface area contributed by atoms with E-state index in [0.29, 0.717) is 38.4 Å². The Balaban J connectivity index is 1.68. The lowest BCUT2D eigenvalue weighted by molar-refractivity contribution is -0.113. The van der Waals surface area contributed by atoms with Crippen molar-refractivity contribution in [1.82, 2.24) is 9.55 Å². The van der Waals surface area contributed by atoms with Gasteiger partial charge in [-0.15, -0.1) is 0 Å². The molecule has 0 unspecified atom stereocenters. The fraction of sp³-hybridized carbons (Fsp3) is 0.160. The van der Waals surface area contributed by atoms with E-state index < -0.39 is 0 Å². The largest absolute Gasteiger partial charge is 0.324 e. The van der Waals surface area contributed by atoms with Gasteiger partial charge in [0.15, 0.2) is 5.16 Å². The first-order valence-corrected chi connectivity index (χ1v) is 11.6. The molecule has 0 radical (unpaired) electrons. The van der Waals surface area contributed by atoms with Gasteiger partial charge in [-0.1, -0.05) is 73.6 Å². The van der Waals surface area contributed by atoms with E-state index in [0.717, 1.165) is 0 Å². The smallest absolute Gasteiger partial charge is 0.266 e. The summed E-state index contributed by atoms with van der Waals surface area (Å²) in [6, 6.07) is 22.2. The summed E-state index contributed by atoms with van der Waals surface area (Å²) in [5.74, 6) is 0.241. The van der Waals surface area contributed by atoms with Crippen molar-refractivity contribution in [2.45, 2.75) is 24.9 Å². The number of nitrogens with zero attached hydrogens (tertiary/aromatic N) is 2. The second kappa shape index (κ2) is 9.59. The second-order valence-corrected chi connectivity index (χ2v) is 8.96. The van der Waals surface area contributed by atoms with Gasteiger partial charge in [-0.3, -0.25) is 14.2 Å². The number of benzene rings is 3. The predicted octanol–water partition coefficient (Wildman–Crippen LogP) is 5.89. The molecule has 0 saturated heterocycles. The fourth-order valence-corrected chi connectivity index (χ4v) is 4.32. The molecular formula is C25H22ClN3O2S. The summed E-state index contributed by atoms with van der Waals surface area (Å²) in [6.45, 7) is 4.25. The van der Waals surface area contributed by atoms with Crippen molar-refractivity contribution in [3.63, 3.8) is 0 Å². The number of anilines is 1. The number of rotatable bonds is 6. The Kier molecular flexibility index (Phi) is 6.63. The Morgan fingerprint density at radius 3 is 2.44 bits per heavy atom. The Morgan fingerprint density at radius 1 is 1.03 bits per heavy atom. The third kappa shape index (κ3) is 4.71. The van der Waals surface area contributed by atoms with Gasteiger partial charge >= 0.3 is 0 Å². The molecule has 0 atom stereocenters. The number of hydrogen-bond acceptors (Lipinski definition) is 4. The second-order valence-electron chi connectivity index (χ2n) is 7.62. The quantitative estimate of drug-likeness (QED) is 0.286. The molecule has 0 bridgehead atoms. The van der Waals surface area contributed by atoms with Crippen LogP contribution in [0, 0.1) is 0 Å². The Labute approximate surface area is 195 Å². The average Bonchev–Trinajstić information content (AvgIpc) is 2.79. The van der Waals surface area contributed by atoms with Crippen LogP contribution in [0.3, 0.4) is 0 Å². The van der Waals surface area contributed by atoms with E-state index in [1.807, 2.05) is 36.4 Å². The molecule has 3 aromatic carbocycles. The SMILES string of the molecule is CC(C)c1ccc(-n2c(SCC(=O)Nc3ccccc3Cl)nc3ccccc3c2=O)cc1. The topological polar surface area (TPSA) is 64.0 Å². The number of para-hydroxylation sites is 2. The number of nitrogens with one attached hydrogen (secondary N) is 1. The molecule has 1 N–H and O–H groups in total. The maximum absolute atomic E-state index is 13.3. The van der Waals surface area contributed by atoms with E-state index in [9.17, 15) is 9.59 Å². The highest BCUT2D eigenvalue weighted by Gasteiger charge is 2.15. The third-order valence-corrected chi connectivity index (χ3v) is 6.31. The molecule has 0 saturated carbocycles. The summed E-state index contributed by atoms with van der Waals surface area (Å²) < 4.78 is 1.57. The maximum Gasteiger partial charge on any atom is 0.266 e. The Morgan fingerprint density at radius 2 is 1.72 bits per heavy atom. The minimum absolute atomic E-state index is 0.0834. The van der Waals surface area contributed by atoms with Gasteiger partial charge in [-0.25, -0.2) is 4.98 Å². The highest BCUT2D eigenvalue weighted by molar-refractivity contribution is 7.99. The van der Waals surface area contributed by atoms with Crippen LogP contribution in [0.4, 0.5) is 5.69 Å². The molecule has 0 spiro atoms. The molecule has 4 rings (SSSR count). The highest BCUT2D eigenvalue weighted by atomic mass is 35.5. The molecule has 1 aromatic heterocycles. The van der Waals surface area contributed by atoms with Gasteiger partial charge in [0.05, 0.1) is 33.1 Å². The first-order chi connectivity index (χ1) is 15.4. The molecule has 0 aliphatic rings. The zero-order chi connectivity index (χ0) is 22.7. The van der Waals surface area contributed by atoms with Crippen molar-refractivity contribution in [2.75, 3.05) is 11.1 Å². The summed E-state index contributed by atoms with van der Waals surface area (Å²) in [5.41, 5.74) is 2.88. The molecule has 1 amide bonds. The van der Waals surface area contributed by atoms with Gasteiger partial charge in [0.2, 0.25) is 5.91 Å². The first-order valence-electron chi connectivity index (χ1n) is 10.2. The van der Waals surface area contributed by atoms with Crippen LogP contribution in [0.25, 0.3) is 16.6 Å². The van der Waals surface area contributed by atoms with Crippen LogP contribution < -0.4 is 10.9 Å². The number of hydrogen-bond donors (Lipinski definition) is 1. The van der Waals surface area contributed by atoms with Crippen molar-refractivity contribution < 1.29 is 4.79 Å². The lowest BCUT2D eigenvalue weighted by Gasteiger charge is -2.14. The molecule has 0 aliphatic carbocycles. The summed E-state index contributed by atoms with van der Waals surface area (Å²) in [5, 5.41) is 4.27. The van der Waals surface area contributed by atoms with Crippen LogP contribution >= 0.6 is 23.4 Å². The Bertz CT molecular complexity index is 1330. The van der Waals surface area contributed by atoms with Gasteiger partial charge in [0.1, 0.15) is 0 Å². The first kappa shape index (κ1) is 22.1. The van der Waals surface area contributed by atoms with Gasteiger partial charge in [-0.2, -0.15) is 0 Å². The van der Waals surface area contributed by atoms with Crippen LogP contribution in [0.15, 0.2) is 82.7 Å². The molecule has 0 aliphatic heterocycles. The summed E-state index contributed by atoms with van der Waals surface area (Å²) in [6.07, 6.45) is 0. The van der Waals surface area contributed by atoms with Crippen molar-refractivity contribution in [3.8, 4) is 5.69 Å². The van der Waals surface area contributed by atoms with E-state index in [2.05, 4.69) is 24.1 Å². The zero-order valence-electron chi connectivity index (χ0n) is 17.7. The fourth-order valence-electron chi connectivity index (χ4n) is 3.32. The highest BCUT2D eigenvalue weighted by Crippen LogP contribution is 2.24. The molecule has 5 nitrogen and oxygen atoms in total. The maximum atomic E-state index is 13.3. The number of amides is 1. The molecule has 32 heavy (non-hydrogen) atoms. The third-order valence-electron chi connectivity index (χ3n) is 5.04. The van der Waals surface area contributed by atoms with Crippen molar-refractivity contribution in [2.24, 2.45) is 0 Å². The van der Waals surface area contributed by atoms with Crippen LogP contribution in [-0.2, 0) is 4.79 Å². The monoisotopic (exact) mass is 463 g/mol. The molecule has 1 heterocycles. The van der Waals surface area contributed by atoms with Crippen LogP contribution in [0.5, 0.6) is 0 Å². The average molecular weight is 464 g/mol. The van der Waals surface area contributed by atoms with Gasteiger partial charge in [0.25, 0.3) is 5.56 Å². The summed E-state index contributed by atoms with van der Waals surface area (Å²) >= 11 is 7.34. The van der Waals surface area contributed by atoms with E-state index >= 15 is 0 Å². The normalized spacial score (nSPS) is 11.1. The molecule has 0 fully saturated rings. The van der Waals surface area contributed by atoms with Gasteiger partial charge in [-0.05, 0) is 47.9 Å². The van der Waals surface area contributed by atoms with Crippen molar-refractivity contribution >= 4 is 45.9 Å². The molecule has 4 aromatic rings. The summed E-state index contributed by atoms with van der Waals surface area (Å²) in [4.78, 5) is 30.6. The molecule has 162 valence electrons. The minimum Gasteiger partial charge on any atom is -0.324 e. The Hall–Kier alpha value is -3.09. The van der Waals surface area contributed by atoms with E-state index in [-0.39, 0.29) is 17.2 Å². The van der Waals surface area contributed by atoms with Gasteiger partial charge in [0, 0.05) is 0 Å². The standard InChI is InChI=1S/C25H22ClN3O2S/c1-16(2)17-11-13-18(14-12-17)29-24(31)19-7-3-5-9-21(19)28-25(29)32-15-23(30)27-22-10-6-4-8-20(22)26/h3-14,16H,15H2,1-2H3,(H,27,30). The van der Waals surface area contributed by atoms with E-state index in [1.165, 1.54) is 17.3 Å². The number of aromatic nitrogens is 2. The van der Waals surface area contributed by atoms with Gasteiger partial charge < -0.3 is 5.32 Å². The minimum atomic E-state index is -0.229. The molecular weight excluding hydrogens is 442 g/mol. The number of carbonyl (C=O) groups excluding carboxylic acids is 1. The number of thioether (sulfide) groups is 1. The van der Waals surface area contributed by atoms with Crippen molar-refractivity contribution in [3.05, 3.63) is 93.7 Å². The van der Waals surface area contributed by atoms with Crippen LogP contribution in [-0.4, -0.2) is 21.2 Å². The number of fused-ring (bicyclic) bond motifs is 1.